The molecule has 0 aromatic heterocycles. The number of nitrogens with one attached hydrogen (secondary N) is 2. The Morgan fingerprint density at radius 1 is 0.821 bits per heavy atom. The molecule has 4 nitrogen and oxygen atoms in total. The molecule has 0 bridgehead atoms. The molecule has 1 fully saturated rings. The van der Waals surface area contributed by atoms with Crippen molar-refractivity contribution in [2.45, 2.75) is 126 Å². The minimum Gasteiger partial charge on any atom is -0.481 e. The number of carboxylic acids is 1. The van der Waals surface area contributed by atoms with Gasteiger partial charge in [-0.3, -0.25) is 4.79 Å². The highest BCUT2D eigenvalue weighted by atomic mass is 32.2. The zero-order valence-electron chi connectivity index (χ0n) is 24.9. The van der Waals surface area contributed by atoms with Crippen LogP contribution >= 0.6 is 11.8 Å². The first-order chi connectivity index (χ1) is 19.0. The Morgan fingerprint density at radius 3 is 2.00 bits per heavy atom. The molecule has 2 aromatic carbocycles. The van der Waals surface area contributed by atoms with Crippen molar-refractivity contribution < 1.29 is 9.90 Å². The molecular weight excluding hydrogens is 500 g/mol. The van der Waals surface area contributed by atoms with Gasteiger partial charge < -0.3 is 15.7 Å². The van der Waals surface area contributed by atoms with E-state index >= 15 is 0 Å². The molecule has 0 aliphatic carbocycles. The predicted molar refractivity (Wildman–Crippen MR) is 168 cm³/mol. The zero-order valence-corrected chi connectivity index (χ0v) is 25.7. The Morgan fingerprint density at radius 2 is 1.44 bits per heavy atom. The lowest BCUT2D eigenvalue weighted by atomic mass is 10.0. The van der Waals surface area contributed by atoms with E-state index in [-0.39, 0.29) is 0 Å². The number of benzene rings is 2. The standard InChI is InChI=1S/C18H22N2S.C16H32O2/c1-13-7-8-17(14(2)11-13)21-18-6-4-3-5-15(18)16-12-19-9-10-20-16;1-2-3-4-5-6-7-8-9-10-11-12-13-14-15-16(17)18/h3-8,11,16,19-20H,9-10,12H2,1-2H3;2-15H2,1H3,(H,17,18). The Hall–Kier alpha value is -1.82. The van der Waals surface area contributed by atoms with Crippen molar-refractivity contribution in [1.29, 1.82) is 0 Å². The second kappa shape index (κ2) is 21.0. The fourth-order valence-electron chi connectivity index (χ4n) is 5.06. The first kappa shape index (κ1) is 33.4. The van der Waals surface area contributed by atoms with Crippen molar-refractivity contribution in [3.05, 3.63) is 59.2 Å². The van der Waals surface area contributed by atoms with Crippen LogP contribution in [0.1, 0.15) is 120 Å². The highest BCUT2D eigenvalue weighted by Gasteiger charge is 2.18. The van der Waals surface area contributed by atoms with Gasteiger partial charge in [-0.1, -0.05) is 132 Å². The van der Waals surface area contributed by atoms with Crippen molar-refractivity contribution >= 4 is 17.7 Å². The van der Waals surface area contributed by atoms with Crippen LogP contribution in [0.2, 0.25) is 0 Å². The molecule has 5 heteroatoms. The van der Waals surface area contributed by atoms with E-state index in [1.54, 1.807) is 0 Å². The summed E-state index contributed by atoms with van der Waals surface area (Å²) < 4.78 is 0. The maximum atomic E-state index is 10.3. The Bertz CT molecular complexity index is 927. The van der Waals surface area contributed by atoms with E-state index in [4.69, 9.17) is 5.11 Å². The molecule has 1 unspecified atom stereocenters. The molecule has 3 N–H and O–H groups in total. The van der Waals surface area contributed by atoms with Crippen LogP contribution in [0.4, 0.5) is 0 Å². The fraction of sp³-hybridized carbons (Fsp3) is 0.618. The van der Waals surface area contributed by atoms with Crippen LogP contribution in [-0.2, 0) is 4.79 Å². The summed E-state index contributed by atoms with van der Waals surface area (Å²) in [6.07, 6.45) is 17.3. The van der Waals surface area contributed by atoms with E-state index in [1.807, 2.05) is 11.8 Å². The van der Waals surface area contributed by atoms with Gasteiger partial charge in [0, 0.05) is 41.9 Å². The minimum atomic E-state index is -0.655. The van der Waals surface area contributed by atoms with Crippen LogP contribution in [0.15, 0.2) is 52.3 Å². The molecule has 0 spiro atoms. The molecule has 1 heterocycles. The van der Waals surface area contributed by atoms with E-state index in [0.29, 0.717) is 12.5 Å². The number of carbonyl (C=O) groups is 1. The van der Waals surface area contributed by atoms with Gasteiger partial charge in [-0.25, -0.2) is 0 Å². The lowest BCUT2D eigenvalue weighted by Crippen LogP contribution is -2.42. The first-order valence-corrected chi connectivity index (χ1v) is 16.3. The number of carboxylic acid groups (broad SMARTS) is 1. The number of aliphatic carboxylic acids is 1. The molecular formula is C34H54N2O2S. The van der Waals surface area contributed by atoms with Gasteiger partial charge in [0.05, 0.1) is 0 Å². The highest BCUT2D eigenvalue weighted by molar-refractivity contribution is 7.99. The summed E-state index contributed by atoms with van der Waals surface area (Å²) in [7, 11) is 0. The van der Waals surface area contributed by atoms with Crippen molar-refractivity contribution in [3.8, 4) is 0 Å². The summed E-state index contributed by atoms with van der Waals surface area (Å²) in [5, 5.41) is 15.6. The average Bonchev–Trinajstić information content (AvgIpc) is 2.94. The first-order valence-electron chi connectivity index (χ1n) is 15.5. The fourth-order valence-corrected chi connectivity index (χ4v) is 6.13. The molecule has 1 atom stereocenters. The van der Waals surface area contributed by atoms with Crippen LogP contribution in [0, 0.1) is 13.8 Å². The number of rotatable bonds is 17. The van der Waals surface area contributed by atoms with E-state index in [0.717, 1.165) is 32.5 Å². The Balaban J connectivity index is 0.000000278. The lowest BCUT2D eigenvalue weighted by Gasteiger charge is -2.26. The van der Waals surface area contributed by atoms with E-state index in [2.05, 4.69) is 73.9 Å². The van der Waals surface area contributed by atoms with E-state index in [9.17, 15) is 4.79 Å². The maximum absolute atomic E-state index is 10.3. The number of aryl methyl sites for hydroxylation is 2. The molecule has 39 heavy (non-hydrogen) atoms. The van der Waals surface area contributed by atoms with Crippen molar-refractivity contribution in [1.82, 2.24) is 10.6 Å². The smallest absolute Gasteiger partial charge is 0.303 e. The third kappa shape index (κ3) is 14.9. The van der Waals surface area contributed by atoms with Crippen LogP contribution in [0.5, 0.6) is 0 Å². The van der Waals surface area contributed by atoms with E-state index < -0.39 is 5.97 Å². The zero-order chi connectivity index (χ0) is 28.1. The average molecular weight is 555 g/mol. The number of hydrogen-bond donors (Lipinski definition) is 3. The van der Waals surface area contributed by atoms with Crippen LogP contribution in [0.25, 0.3) is 0 Å². The van der Waals surface area contributed by atoms with Crippen molar-refractivity contribution in [2.75, 3.05) is 19.6 Å². The number of hydrogen-bond acceptors (Lipinski definition) is 4. The highest BCUT2D eigenvalue weighted by Crippen LogP contribution is 2.35. The maximum Gasteiger partial charge on any atom is 0.303 e. The van der Waals surface area contributed by atoms with Gasteiger partial charge >= 0.3 is 5.97 Å². The molecule has 0 amide bonds. The molecule has 0 saturated carbocycles. The third-order valence-corrected chi connectivity index (χ3v) is 8.65. The normalized spacial score (nSPS) is 15.0. The number of unbranched alkanes of at least 4 members (excludes halogenated alkanes) is 12. The predicted octanol–water partition coefficient (Wildman–Crippen LogP) is 9.24. The SMILES string of the molecule is CCCCCCCCCCCCCCCC(=O)O.Cc1ccc(Sc2ccccc2C2CNCCN2)c(C)c1. The van der Waals surface area contributed by atoms with Crippen LogP contribution < -0.4 is 10.6 Å². The van der Waals surface area contributed by atoms with Gasteiger partial charge in [0.2, 0.25) is 0 Å². The van der Waals surface area contributed by atoms with Crippen LogP contribution in [0.3, 0.4) is 0 Å². The van der Waals surface area contributed by atoms with Gasteiger partial charge in [-0.05, 0) is 43.5 Å². The number of piperazine rings is 1. The van der Waals surface area contributed by atoms with E-state index in [1.165, 1.54) is 97.1 Å². The van der Waals surface area contributed by atoms with Gasteiger partial charge in [0.25, 0.3) is 0 Å². The van der Waals surface area contributed by atoms with Crippen molar-refractivity contribution in [2.24, 2.45) is 0 Å². The second-order valence-electron chi connectivity index (χ2n) is 11.0. The quantitative estimate of drug-likeness (QED) is 0.170. The van der Waals surface area contributed by atoms with Gasteiger partial charge in [-0.2, -0.15) is 0 Å². The van der Waals surface area contributed by atoms with Gasteiger partial charge in [0.1, 0.15) is 0 Å². The Labute approximate surface area is 243 Å². The molecule has 2 aromatic rings. The third-order valence-electron chi connectivity index (χ3n) is 7.38. The van der Waals surface area contributed by atoms with Gasteiger partial charge in [0.15, 0.2) is 0 Å². The summed E-state index contributed by atoms with van der Waals surface area (Å²) in [4.78, 5) is 13.0. The topological polar surface area (TPSA) is 61.4 Å². The summed E-state index contributed by atoms with van der Waals surface area (Å²) in [6.45, 7) is 9.70. The lowest BCUT2D eigenvalue weighted by molar-refractivity contribution is -0.137. The molecule has 1 saturated heterocycles. The minimum absolute atomic E-state index is 0.345. The summed E-state index contributed by atoms with van der Waals surface area (Å²) in [5.41, 5.74) is 4.07. The molecule has 1 aliphatic heterocycles. The van der Waals surface area contributed by atoms with Crippen LogP contribution in [-0.4, -0.2) is 30.7 Å². The molecule has 218 valence electrons. The van der Waals surface area contributed by atoms with Crippen molar-refractivity contribution in [3.63, 3.8) is 0 Å². The van der Waals surface area contributed by atoms with Gasteiger partial charge in [-0.15, -0.1) is 0 Å². The second-order valence-corrected chi connectivity index (χ2v) is 12.1. The summed E-state index contributed by atoms with van der Waals surface area (Å²) >= 11 is 1.88. The molecule has 1 aliphatic rings. The summed E-state index contributed by atoms with van der Waals surface area (Å²) in [5.74, 6) is -0.655. The Kier molecular flexibility index (Phi) is 18.0. The monoisotopic (exact) mass is 554 g/mol. The molecule has 3 rings (SSSR count). The summed E-state index contributed by atoms with van der Waals surface area (Å²) in [6, 6.07) is 15.8. The molecule has 0 radical (unpaired) electrons. The largest absolute Gasteiger partial charge is 0.481 e.